The van der Waals surface area contributed by atoms with Gasteiger partial charge in [-0.25, -0.2) is 4.98 Å². The number of hydrogen-bond acceptors (Lipinski definition) is 6. The fraction of sp³-hybridized carbons (Fsp3) is 0.472. The maximum absolute atomic E-state index is 14.5. The van der Waals surface area contributed by atoms with Crippen LogP contribution in [0.1, 0.15) is 85.4 Å². The number of likely N-dealkylation sites (N-methyl/N-ethyl adjacent to an activating group) is 1. The largest absolute Gasteiger partial charge is 0.381 e. The van der Waals surface area contributed by atoms with Crippen molar-refractivity contribution in [1.82, 2.24) is 30.4 Å². The second kappa shape index (κ2) is 12.7. The number of amides is 3. The van der Waals surface area contributed by atoms with Gasteiger partial charge in [-0.05, 0) is 72.9 Å². The summed E-state index contributed by atoms with van der Waals surface area (Å²) in [6.07, 6.45) is 5.52. The van der Waals surface area contributed by atoms with Gasteiger partial charge in [0.1, 0.15) is 17.6 Å². The number of halogens is 1. The number of nitrogens with one attached hydrogen (secondary N) is 3. The molecule has 3 aliphatic rings. The molecule has 2 fully saturated rings. The SMILES string of the molecule is CNC(=O)C(C1CCC1)N1C(=O)C2(CCOCC2)c2cc3[nH]c([C@@H](NC(=O)c4ccnn4C)[C@H](c4ccccc4Cl)C(C)C)nc3cc21. The Hall–Kier alpha value is -4.22. The van der Waals surface area contributed by atoms with Crippen molar-refractivity contribution in [2.45, 2.75) is 69.4 Å². The molecule has 2 aromatic heterocycles. The summed E-state index contributed by atoms with van der Waals surface area (Å²) in [5.41, 5.74) is 3.57. The Morgan fingerprint density at radius 2 is 1.88 bits per heavy atom. The maximum Gasteiger partial charge on any atom is 0.270 e. The second-order valence-corrected chi connectivity index (χ2v) is 14.1. The molecule has 7 rings (SSSR count). The second-order valence-electron chi connectivity index (χ2n) is 13.7. The number of benzene rings is 2. The van der Waals surface area contributed by atoms with Gasteiger partial charge < -0.3 is 20.4 Å². The molecule has 252 valence electrons. The Morgan fingerprint density at radius 1 is 1.12 bits per heavy atom. The van der Waals surface area contributed by atoms with Crippen LogP contribution >= 0.6 is 11.6 Å². The Bertz CT molecular complexity index is 1870. The summed E-state index contributed by atoms with van der Waals surface area (Å²) >= 11 is 6.79. The lowest BCUT2D eigenvalue weighted by molar-refractivity contribution is -0.131. The van der Waals surface area contributed by atoms with Crippen molar-refractivity contribution in [3.8, 4) is 0 Å². The monoisotopic (exact) mass is 671 g/mol. The summed E-state index contributed by atoms with van der Waals surface area (Å²) in [7, 11) is 3.36. The van der Waals surface area contributed by atoms with E-state index in [1.807, 2.05) is 36.4 Å². The highest BCUT2D eigenvalue weighted by Crippen LogP contribution is 2.51. The molecule has 2 aliphatic heterocycles. The van der Waals surface area contributed by atoms with Gasteiger partial charge in [0.2, 0.25) is 11.8 Å². The van der Waals surface area contributed by atoms with E-state index in [4.69, 9.17) is 21.3 Å². The number of aryl methyl sites for hydroxylation is 1. The van der Waals surface area contributed by atoms with Crippen molar-refractivity contribution in [1.29, 1.82) is 0 Å². The van der Waals surface area contributed by atoms with E-state index in [0.717, 1.165) is 41.6 Å². The third-order valence-corrected chi connectivity index (χ3v) is 11.1. The first-order valence-corrected chi connectivity index (χ1v) is 17.2. The number of nitrogens with zero attached hydrogens (tertiary/aromatic N) is 4. The smallest absolute Gasteiger partial charge is 0.270 e. The molecule has 3 N–H and O–H groups in total. The number of ether oxygens (including phenoxy) is 1. The Balaban J connectivity index is 1.38. The van der Waals surface area contributed by atoms with Gasteiger partial charge in [-0.15, -0.1) is 0 Å². The van der Waals surface area contributed by atoms with Crippen LogP contribution in [0.4, 0.5) is 5.69 Å². The predicted molar refractivity (Wildman–Crippen MR) is 183 cm³/mol. The number of carbonyl (C=O) groups is 3. The quantitative estimate of drug-likeness (QED) is 0.225. The number of hydrogen-bond donors (Lipinski definition) is 3. The van der Waals surface area contributed by atoms with Gasteiger partial charge in [0, 0.05) is 44.4 Å². The van der Waals surface area contributed by atoms with Gasteiger partial charge in [-0.1, -0.05) is 50.1 Å². The highest BCUT2D eigenvalue weighted by Gasteiger charge is 2.56. The topological polar surface area (TPSA) is 134 Å². The minimum atomic E-state index is -0.783. The van der Waals surface area contributed by atoms with Gasteiger partial charge in [0.25, 0.3) is 5.91 Å². The fourth-order valence-electron chi connectivity index (χ4n) is 7.98. The summed E-state index contributed by atoms with van der Waals surface area (Å²) in [4.78, 5) is 52.1. The zero-order valence-electron chi connectivity index (χ0n) is 27.8. The van der Waals surface area contributed by atoms with E-state index >= 15 is 0 Å². The average Bonchev–Trinajstić information content (AvgIpc) is 3.73. The van der Waals surface area contributed by atoms with Crippen LogP contribution in [0.3, 0.4) is 0 Å². The minimum absolute atomic E-state index is 0.0333. The Morgan fingerprint density at radius 3 is 2.50 bits per heavy atom. The molecule has 2 aromatic carbocycles. The molecule has 4 heterocycles. The maximum atomic E-state index is 14.5. The van der Waals surface area contributed by atoms with Crippen molar-refractivity contribution in [3.63, 3.8) is 0 Å². The molecule has 1 saturated heterocycles. The number of fused-ring (bicyclic) bond motifs is 3. The zero-order chi connectivity index (χ0) is 33.7. The highest BCUT2D eigenvalue weighted by molar-refractivity contribution is 6.31. The Kier molecular flexibility index (Phi) is 8.53. The van der Waals surface area contributed by atoms with Crippen LogP contribution in [0, 0.1) is 11.8 Å². The predicted octanol–water partition coefficient (Wildman–Crippen LogP) is 5.17. The molecule has 3 amide bonds. The van der Waals surface area contributed by atoms with E-state index in [9.17, 15) is 14.4 Å². The van der Waals surface area contributed by atoms with Gasteiger partial charge in [0.15, 0.2) is 0 Å². The van der Waals surface area contributed by atoms with Crippen LogP contribution in [-0.4, -0.2) is 63.8 Å². The normalized spacial score (nSPS) is 19.3. The molecular weight excluding hydrogens is 630 g/mol. The van der Waals surface area contributed by atoms with Gasteiger partial charge in [-0.2, -0.15) is 5.10 Å². The molecule has 1 aliphatic carbocycles. The molecule has 12 heteroatoms. The zero-order valence-corrected chi connectivity index (χ0v) is 28.5. The number of aromatic nitrogens is 4. The summed E-state index contributed by atoms with van der Waals surface area (Å²) < 4.78 is 7.28. The number of anilines is 1. The standard InChI is InChI=1S/C36H42ClN7O4/c1-20(2)29(22-10-5-6-11-24(22)37)30(42-33(45)27-12-15-39-43(27)4)32-40-25-18-23-28(19-26(25)41-32)44(31(34(46)38-3)21-8-7-9-21)35(47)36(23)13-16-48-17-14-36/h5-6,10-12,15,18-21,29-31H,7-9,13-14,16-17H2,1-4H3,(H,38,46)(H,40,41)(H,42,45)/t29-,30-,31?/m0/s1. The number of carbonyl (C=O) groups excluding carboxylic acids is 3. The number of rotatable bonds is 9. The third kappa shape index (κ3) is 5.27. The van der Waals surface area contributed by atoms with Gasteiger partial charge >= 0.3 is 0 Å². The number of aromatic amines is 1. The van der Waals surface area contributed by atoms with E-state index < -0.39 is 17.5 Å². The van der Waals surface area contributed by atoms with Crippen molar-refractivity contribution in [2.75, 3.05) is 25.2 Å². The van der Waals surface area contributed by atoms with E-state index in [1.165, 1.54) is 0 Å². The van der Waals surface area contributed by atoms with E-state index in [-0.39, 0.29) is 35.5 Å². The molecule has 3 atom stereocenters. The molecule has 48 heavy (non-hydrogen) atoms. The highest BCUT2D eigenvalue weighted by atomic mass is 35.5. The molecule has 0 radical (unpaired) electrons. The van der Waals surface area contributed by atoms with E-state index in [0.29, 0.717) is 48.1 Å². The lowest BCUT2D eigenvalue weighted by Gasteiger charge is -2.39. The number of imidazole rings is 1. The first kappa shape index (κ1) is 32.3. The lowest BCUT2D eigenvalue weighted by atomic mass is 9.74. The van der Waals surface area contributed by atoms with Crippen LogP contribution in [0.2, 0.25) is 5.02 Å². The van der Waals surface area contributed by atoms with Gasteiger partial charge in [-0.3, -0.25) is 24.0 Å². The van der Waals surface area contributed by atoms with Crippen LogP contribution in [0.25, 0.3) is 11.0 Å². The average molecular weight is 672 g/mol. The summed E-state index contributed by atoms with van der Waals surface area (Å²) in [5.74, 6) is 0.0264. The Labute approximate surface area is 284 Å². The molecule has 1 saturated carbocycles. The summed E-state index contributed by atoms with van der Waals surface area (Å²) in [6, 6.07) is 12.2. The van der Waals surface area contributed by atoms with Crippen LogP contribution in [0.15, 0.2) is 48.7 Å². The first-order valence-electron chi connectivity index (χ1n) is 16.8. The molecule has 1 unspecified atom stereocenters. The molecule has 0 bridgehead atoms. The number of H-pyrrole nitrogens is 1. The minimum Gasteiger partial charge on any atom is -0.381 e. The lowest BCUT2D eigenvalue weighted by Crippen LogP contribution is -2.56. The van der Waals surface area contributed by atoms with E-state index in [2.05, 4.69) is 34.6 Å². The summed E-state index contributed by atoms with van der Waals surface area (Å²) in [6.45, 7) is 5.14. The molecule has 4 aromatic rings. The van der Waals surface area contributed by atoms with Crippen molar-refractivity contribution >= 4 is 46.0 Å². The fourth-order valence-corrected chi connectivity index (χ4v) is 8.25. The van der Waals surface area contributed by atoms with Crippen LogP contribution in [0.5, 0.6) is 0 Å². The first-order chi connectivity index (χ1) is 23.1. The van der Waals surface area contributed by atoms with E-state index in [1.54, 1.807) is 35.9 Å². The van der Waals surface area contributed by atoms with Crippen molar-refractivity contribution in [3.05, 3.63) is 76.3 Å². The molecule has 11 nitrogen and oxygen atoms in total. The van der Waals surface area contributed by atoms with Crippen molar-refractivity contribution < 1.29 is 19.1 Å². The van der Waals surface area contributed by atoms with Gasteiger partial charge in [0.05, 0.1) is 28.2 Å². The van der Waals surface area contributed by atoms with Crippen LogP contribution < -0.4 is 15.5 Å². The van der Waals surface area contributed by atoms with Crippen molar-refractivity contribution in [2.24, 2.45) is 18.9 Å². The van der Waals surface area contributed by atoms with Crippen LogP contribution in [-0.2, 0) is 26.8 Å². The summed E-state index contributed by atoms with van der Waals surface area (Å²) in [5, 5.41) is 10.9. The molecular formula is C36H42ClN7O4. The molecule has 1 spiro atoms. The third-order valence-electron chi connectivity index (χ3n) is 10.7.